The largest absolute Gasteiger partial charge is 0.481 e. The van der Waals surface area contributed by atoms with Crippen LogP contribution in [0, 0.1) is 5.92 Å². The van der Waals surface area contributed by atoms with Gasteiger partial charge in [-0.1, -0.05) is 0 Å². The molecule has 1 saturated heterocycles. The van der Waals surface area contributed by atoms with Gasteiger partial charge >= 0.3 is 5.97 Å². The summed E-state index contributed by atoms with van der Waals surface area (Å²) in [5, 5.41) is 8.74. The third kappa shape index (κ3) is 1.53. The summed E-state index contributed by atoms with van der Waals surface area (Å²) in [6, 6.07) is 0. The first kappa shape index (κ1) is 9.61. The summed E-state index contributed by atoms with van der Waals surface area (Å²) in [6.07, 6.45) is 0.883. The van der Waals surface area contributed by atoms with Gasteiger partial charge in [-0.25, -0.2) is 0 Å². The fourth-order valence-electron chi connectivity index (χ4n) is 2.01. The Bertz CT molecular complexity index is 266. The average molecular weight is 200 g/mol. The zero-order chi connectivity index (χ0) is 10.2. The first-order chi connectivity index (χ1) is 6.63. The Hall–Kier alpha value is -0.940. The second-order valence-electron chi connectivity index (χ2n) is 3.68. The van der Waals surface area contributed by atoms with Gasteiger partial charge < -0.3 is 14.6 Å². The fraction of sp³-hybridized carbons (Fsp3) is 0.778. The molecule has 78 valence electrons. The average Bonchev–Trinajstić information content (AvgIpc) is 2.52. The van der Waals surface area contributed by atoms with Crippen molar-refractivity contribution in [2.24, 2.45) is 5.92 Å². The molecule has 1 unspecified atom stereocenters. The van der Waals surface area contributed by atoms with E-state index in [1.54, 1.807) is 0 Å². The van der Waals surface area contributed by atoms with Gasteiger partial charge in [-0.2, -0.15) is 0 Å². The molecule has 5 heteroatoms. The van der Waals surface area contributed by atoms with Crippen LogP contribution in [0.25, 0.3) is 0 Å². The predicted octanol–water partition coefficient (Wildman–Crippen LogP) is 0.183. The smallest absolute Gasteiger partial charge is 0.314 e. The monoisotopic (exact) mass is 200 g/mol. The van der Waals surface area contributed by atoms with E-state index in [1.165, 1.54) is 0 Å². The number of carboxylic acids is 1. The lowest BCUT2D eigenvalue weighted by molar-refractivity contribution is -0.188. The summed E-state index contributed by atoms with van der Waals surface area (Å²) in [4.78, 5) is 22.1. The SMILES string of the molecule is O=C(O)C1CCC2(CC1=O)OCCO2. The maximum absolute atomic E-state index is 11.5. The van der Waals surface area contributed by atoms with E-state index in [9.17, 15) is 9.59 Å². The summed E-state index contributed by atoms with van der Waals surface area (Å²) in [7, 11) is 0. The topological polar surface area (TPSA) is 72.8 Å². The molecule has 2 rings (SSSR count). The lowest BCUT2D eigenvalue weighted by Crippen LogP contribution is -2.42. The molecule has 1 N–H and O–H groups in total. The van der Waals surface area contributed by atoms with Crippen molar-refractivity contribution in [1.82, 2.24) is 0 Å². The number of Topliss-reactive ketones (excluding diaryl/α,β-unsaturated/α-hetero) is 1. The minimum atomic E-state index is -1.04. The molecule has 2 fully saturated rings. The Labute approximate surface area is 81.0 Å². The highest BCUT2D eigenvalue weighted by atomic mass is 16.7. The molecule has 0 bridgehead atoms. The molecule has 1 spiro atoms. The number of rotatable bonds is 1. The summed E-state index contributed by atoms with van der Waals surface area (Å²) in [5.41, 5.74) is 0. The summed E-state index contributed by atoms with van der Waals surface area (Å²) in [5.74, 6) is -3.00. The Kier molecular flexibility index (Phi) is 2.28. The molecule has 0 radical (unpaired) electrons. The number of ether oxygens (including phenoxy) is 2. The second kappa shape index (κ2) is 3.33. The number of hydrogen-bond acceptors (Lipinski definition) is 4. The summed E-state index contributed by atoms with van der Waals surface area (Å²) < 4.78 is 10.7. The number of aliphatic carboxylic acids is 1. The number of ketones is 1. The van der Waals surface area contributed by atoms with Gasteiger partial charge in [-0.15, -0.1) is 0 Å². The van der Waals surface area contributed by atoms with Crippen molar-refractivity contribution >= 4 is 11.8 Å². The Morgan fingerprint density at radius 3 is 2.57 bits per heavy atom. The summed E-state index contributed by atoms with van der Waals surface area (Å²) in [6.45, 7) is 0.982. The van der Waals surface area contributed by atoms with E-state index in [4.69, 9.17) is 14.6 Å². The molecule has 0 aromatic carbocycles. The molecule has 0 aromatic rings. The maximum atomic E-state index is 11.5. The van der Waals surface area contributed by atoms with Crippen molar-refractivity contribution in [3.63, 3.8) is 0 Å². The molecule has 1 aliphatic heterocycles. The highest BCUT2D eigenvalue weighted by molar-refractivity contribution is 5.99. The van der Waals surface area contributed by atoms with Gasteiger partial charge in [-0.05, 0) is 6.42 Å². The zero-order valence-corrected chi connectivity index (χ0v) is 7.69. The molecular weight excluding hydrogens is 188 g/mol. The lowest BCUT2D eigenvalue weighted by atomic mass is 9.84. The number of hydrogen-bond donors (Lipinski definition) is 1. The quantitative estimate of drug-likeness (QED) is 0.611. The van der Waals surface area contributed by atoms with Crippen molar-refractivity contribution in [3.05, 3.63) is 0 Å². The standard InChI is InChI=1S/C9H12O5/c10-7-5-9(13-3-4-14-9)2-1-6(7)8(11)12/h6H,1-5H2,(H,11,12). The van der Waals surface area contributed by atoms with E-state index in [0.29, 0.717) is 26.1 Å². The minimum absolute atomic E-state index is 0.0734. The highest BCUT2D eigenvalue weighted by Gasteiger charge is 2.46. The van der Waals surface area contributed by atoms with Crippen LogP contribution in [0.5, 0.6) is 0 Å². The number of carboxylic acid groups (broad SMARTS) is 1. The van der Waals surface area contributed by atoms with E-state index in [0.717, 1.165) is 0 Å². The lowest BCUT2D eigenvalue weighted by Gasteiger charge is -2.32. The van der Waals surface area contributed by atoms with Crippen molar-refractivity contribution in [1.29, 1.82) is 0 Å². The van der Waals surface area contributed by atoms with Crippen LogP contribution >= 0.6 is 0 Å². The molecule has 1 saturated carbocycles. The van der Waals surface area contributed by atoms with Crippen LogP contribution in [0.3, 0.4) is 0 Å². The van der Waals surface area contributed by atoms with E-state index in [2.05, 4.69) is 0 Å². The van der Waals surface area contributed by atoms with Crippen molar-refractivity contribution in [2.45, 2.75) is 25.0 Å². The van der Waals surface area contributed by atoms with Gasteiger partial charge in [0.05, 0.1) is 19.6 Å². The highest BCUT2D eigenvalue weighted by Crippen LogP contribution is 2.36. The molecule has 0 aromatic heterocycles. The van der Waals surface area contributed by atoms with Crippen LogP contribution in [0.1, 0.15) is 19.3 Å². The molecule has 5 nitrogen and oxygen atoms in total. The van der Waals surface area contributed by atoms with Crippen LogP contribution in [0.2, 0.25) is 0 Å². The molecule has 14 heavy (non-hydrogen) atoms. The Morgan fingerprint density at radius 2 is 2.07 bits per heavy atom. The molecule has 2 aliphatic rings. The van der Waals surface area contributed by atoms with Crippen molar-refractivity contribution in [3.8, 4) is 0 Å². The van der Waals surface area contributed by atoms with Crippen LogP contribution < -0.4 is 0 Å². The van der Waals surface area contributed by atoms with Crippen LogP contribution in [-0.4, -0.2) is 35.9 Å². The van der Waals surface area contributed by atoms with Gasteiger partial charge in [0, 0.05) is 6.42 Å². The van der Waals surface area contributed by atoms with Gasteiger partial charge in [0.15, 0.2) is 11.6 Å². The van der Waals surface area contributed by atoms with Crippen LogP contribution in [0.15, 0.2) is 0 Å². The van der Waals surface area contributed by atoms with E-state index < -0.39 is 17.7 Å². The Balaban J connectivity index is 2.05. The fourth-order valence-corrected chi connectivity index (χ4v) is 2.01. The third-order valence-corrected chi connectivity index (χ3v) is 2.76. The normalized spacial score (nSPS) is 30.9. The number of carbonyl (C=O) groups is 2. The summed E-state index contributed by atoms with van der Waals surface area (Å²) >= 11 is 0. The van der Waals surface area contributed by atoms with Crippen molar-refractivity contribution in [2.75, 3.05) is 13.2 Å². The second-order valence-corrected chi connectivity index (χ2v) is 3.68. The van der Waals surface area contributed by atoms with E-state index in [-0.39, 0.29) is 12.2 Å². The first-order valence-electron chi connectivity index (χ1n) is 4.66. The predicted molar refractivity (Wildman–Crippen MR) is 44.6 cm³/mol. The van der Waals surface area contributed by atoms with E-state index >= 15 is 0 Å². The zero-order valence-electron chi connectivity index (χ0n) is 7.69. The minimum Gasteiger partial charge on any atom is -0.481 e. The van der Waals surface area contributed by atoms with Gasteiger partial charge in [0.25, 0.3) is 0 Å². The van der Waals surface area contributed by atoms with Gasteiger partial charge in [0.1, 0.15) is 5.92 Å². The molecule has 1 aliphatic carbocycles. The Morgan fingerprint density at radius 1 is 1.43 bits per heavy atom. The molecular formula is C9H12O5. The van der Waals surface area contributed by atoms with Crippen LogP contribution in [0.4, 0.5) is 0 Å². The first-order valence-corrected chi connectivity index (χ1v) is 4.66. The van der Waals surface area contributed by atoms with Gasteiger partial charge in [0.2, 0.25) is 0 Å². The van der Waals surface area contributed by atoms with Gasteiger partial charge in [-0.3, -0.25) is 9.59 Å². The molecule has 1 atom stereocenters. The maximum Gasteiger partial charge on any atom is 0.314 e. The van der Waals surface area contributed by atoms with Crippen LogP contribution in [-0.2, 0) is 19.1 Å². The van der Waals surface area contributed by atoms with E-state index in [1.807, 2.05) is 0 Å². The third-order valence-electron chi connectivity index (χ3n) is 2.76. The number of carbonyl (C=O) groups excluding carboxylic acids is 1. The molecule has 1 heterocycles. The van der Waals surface area contributed by atoms with Crippen molar-refractivity contribution < 1.29 is 24.2 Å². The molecule has 0 amide bonds.